The molecule has 13 heavy (non-hydrogen) atoms. The van der Waals surface area contributed by atoms with Crippen LogP contribution in [0.15, 0.2) is 30.3 Å². The zero-order chi connectivity index (χ0) is 10.3. The third-order valence-corrected chi connectivity index (χ3v) is 1.02. The molecule has 0 atom stereocenters. The van der Waals surface area contributed by atoms with Crippen LogP contribution >= 0.6 is 8.60 Å². The maximum absolute atomic E-state index is 10.2. The van der Waals surface area contributed by atoms with Crippen molar-refractivity contribution in [2.24, 2.45) is 0 Å². The second-order valence-corrected chi connectivity index (χ2v) is 2.48. The van der Waals surface area contributed by atoms with E-state index in [2.05, 4.69) is 0 Å². The SMILES string of the molecule is O=C(O)c1ccccc1.OP(O)O. The summed E-state index contributed by atoms with van der Waals surface area (Å²) in [5.41, 5.74) is 0.331. The highest BCUT2D eigenvalue weighted by Crippen LogP contribution is 2.11. The number of rotatable bonds is 1. The first-order chi connectivity index (χ1) is 6.04. The van der Waals surface area contributed by atoms with Crippen molar-refractivity contribution in [2.75, 3.05) is 0 Å². The van der Waals surface area contributed by atoms with Gasteiger partial charge in [-0.15, -0.1) is 0 Å². The Bertz CT molecular complexity index is 246. The second kappa shape index (κ2) is 6.51. The van der Waals surface area contributed by atoms with Crippen LogP contribution in [0.25, 0.3) is 0 Å². The van der Waals surface area contributed by atoms with Crippen molar-refractivity contribution >= 4 is 14.6 Å². The van der Waals surface area contributed by atoms with Crippen LogP contribution in [-0.4, -0.2) is 25.8 Å². The van der Waals surface area contributed by atoms with Crippen molar-refractivity contribution in [2.45, 2.75) is 0 Å². The predicted octanol–water partition coefficient (Wildman–Crippen LogP) is 0.575. The van der Waals surface area contributed by atoms with Gasteiger partial charge in [0.1, 0.15) is 0 Å². The number of carboxylic acids is 1. The number of benzene rings is 1. The van der Waals surface area contributed by atoms with E-state index in [1.54, 1.807) is 30.3 Å². The number of aromatic carboxylic acids is 1. The quantitative estimate of drug-likeness (QED) is 0.501. The summed E-state index contributed by atoms with van der Waals surface area (Å²) in [4.78, 5) is 31.9. The Kier molecular flexibility index (Phi) is 6.01. The summed E-state index contributed by atoms with van der Waals surface area (Å²) < 4.78 is 0. The van der Waals surface area contributed by atoms with Crippen molar-refractivity contribution in [3.63, 3.8) is 0 Å². The van der Waals surface area contributed by atoms with Gasteiger partial charge in [-0.2, -0.15) is 0 Å². The van der Waals surface area contributed by atoms with Gasteiger partial charge in [0.25, 0.3) is 0 Å². The Morgan fingerprint density at radius 2 is 1.46 bits per heavy atom. The standard InChI is InChI=1S/C7H6O2.H3O3P/c8-7(9)6-4-2-1-3-5-6;1-4(2)3/h1-5H,(H,8,9);1-3H. The fraction of sp³-hybridized carbons (Fsp3) is 0. The molecule has 0 radical (unpaired) electrons. The van der Waals surface area contributed by atoms with E-state index in [9.17, 15) is 4.79 Å². The molecule has 72 valence electrons. The minimum Gasteiger partial charge on any atom is -0.478 e. The van der Waals surface area contributed by atoms with E-state index in [0.717, 1.165) is 0 Å². The monoisotopic (exact) mass is 204 g/mol. The van der Waals surface area contributed by atoms with Gasteiger partial charge in [0.2, 0.25) is 0 Å². The smallest absolute Gasteiger partial charge is 0.335 e. The average molecular weight is 204 g/mol. The van der Waals surface area contributed by atoms with Gasteiger partial charge in [-0.05, 0) is 12.1 Å². The number of carboxylic acid groups (broad SMARTS) is 1. The molecule has 0 unspecified atom stereocenters. The highest BCUT2D eigenvalue weighted by molar-refractivity contribution is 7.38. The third-order valence-electron chi connectivity index (χ3n) is 1.02. The van der Waals surface area contributed by atoms with Gasteiger partial charge in [-0.1, -0.05) is 18.2 Å². The predicted molar refractivity (Wildman–Crippen MR) is 47.0 cm³/mol. The zero-order valence-electron chi connectivity index (χ0n) is 6.53. The van der Waals surface area contributed by atoms with Crippen LogP contribution in [0.2, 0.25) is 0 Å². The molecular formula is C7H9O5P. The molecule has 4 N–H and O–H groups in total. The van der Waals surface area contributed by atoms with Crippen molar-refractivity contribution in [3.05, 3.63) is 35.9 Å². The molecule has 0 amide bonds. The fourth-order valence-electron chi connectivity index (χ4n) is 0.581. The Morgan fingerprint density at radius 1 is 1.08 bits per heavy atom. The van der Waals surface area contributed by atoms with Crippen LogP contribution in [0, 0.1) is 0 Å². The van der Waals surface area contributed by atoms with Gasteiger partial charge >= 0.3 is 14.6 Å². The van der Waals surface area contributed by atoms with Crippen LogP contribution in [0.5, 0.6) is 0 Å². The molecule has 0 aliphatic carbocycles. The lowest BCUT2D eigenvalue weighted by Crippen LogP contribution is -1.93. The molecular weight excluding hydrogens is 195 g/mol. The van der Waals surface area contributed by atoms with Gasteiger partial charge in [0, 0.05) is 0 Å². The largest absolute Gasteiger partial charge is 0.478 e. The lowest BCUT2D eigenvalue weighted by atomic mass is 10.2. The molecule has 1 aromatic rings. The fourth-order valence-corrected chi connectivity index (χ4v) is 0.581. The maximum atomic E-state index is 10.2. The van der Waals surface area contributed by atoms with E-state index in [-0.39, 0.29) is 0 Å². The second-order valence-electron chi connectivity index (χ2n) is 1.94. The topological polar surface area (TPSA) is 98.0 Å². The molecule has 0 aliphatic heterocycles. The van der Waals surface area contributed by atoms with E-state index >= 15 is 0 Å². The third kappa shape index (κ3) is 7.36. The minimum absolute atomic E-state index is 0.331. The molecule has 0 fully saturated rings. The summed E-state index contributed by atoms with van der Waals surface area (Å²) in [6, 6.07) is 8.30. The van der Waals surface area contributed by atoms with Crippen LogP contribution < -0.4 is 0 Å². The summed E-state index contributed by atoms with van der Waals surface area (Å²) in [6.07, 6.45) is 0. The van der Waals surface area contributed by atoms with E-state index in [1.165, 1.54) is 0 Å². The maximum Gasteiger partial charge on any atom is 0.335 e. The first kappa shape index (κ1) is 12.0. The van der Waals surface area contributed by atoms with Crippen LogP contribution in [0.1, 0.15) is 10.4 Å². The van der Waals surface area contributed by atoms with E-state index in [1.807, 2.05) is 0 Å². The first-order valence-electron chi connectivity index (χ1n) is 3.19. The molecule has 0 bridgehead atoms. The summed E-state index contributed by atoms with van der Waals surface area (Å²) in [6.45, 7) is 0. The molecule has 0 spiro atoms. The Morgan fingerprint density at radius 3 is 1.69 bits per heavy atom. The van der Waals surface area contributed by atoms with Gasteiger partial charge in [0.05, 0.1) is 5.56 Å². The highest BCUT2D eigenvalue weighted by Gasteiger charge is 1.96. The van der Waals surface area contributed by atoms with Gasteiger partial charge in [-0.25, -0.2) is 4.79 Å². The number of hydrogen-bond acceptors (Lipinski definition) is 4. The zero-order valence-corrected chi connectivity index (χ0v) is 7.43. The molecule has 6 heteroatoms. The number of carbonyl (C=O) groups is 1. The lowest BCUT2D eigenvalue weighted by molar-refractivity contribution is 0.0697. The summed E-state index contributed by atoms with van der Waals surface area (Å²) in [5, 5.41) is 8.38. The van der Waals surface area contributed by atoms with Crippen molar-refractivity contribution in [3.8, 4) is 0 Å². The Hall–Kier alpha value is -1.00. The highest BCUT2D eigenvalue weighted by atomic mass is 31.2. The van der Waals surface area contributed by atoms with Gasteiger partial charge in [-0.3, -0.25) is 0 Å². The molecule has 0 saturated heterocycles. The lowest BCUT2D eigenvalue weighted by Gasteiger charge is -1.88. The molecule has 0 aromatic heterocycles. The normalized spacial score (nSPS) is 8.92. The Labute approximate surface area is 75.9 Å². The van der Waals surface area contributed by atoms with Gasteiger partial charge < -0.3 is 19.8 Å². The van der Waals surface area contributed by atoms with Crippen molar-refractivity contribution < 1.29 is 24.6 Å². The van der Waals surface area contributed by atoms with Gasteiger partial charge in [0.15, 0.2) is 0 Å². The molecule has 0 saturated carbocycles. The van der Waals surface area contributed by atoms with Crippen molar-refractivity contribution in [1.29, 1.82) is 0 Å². The molecule has 1 rings (SSSR count). The van der Waals surface area contributed by atoms with Crippen molar-refractivity contribution in [1.82, 2.24) is 0 Å². The average Bonchev–Trinajstić information content (AvgIpc) is 2.05. The summed E-state index contributed by atoms with van der Waals surface area (Å²) in [5.74, 6) is -0.879. The van der Waals surface area contributed by atoms with E-state index in [4.69, 9.17) is 19.8 Å². The minimum atomic E-state index is -2.62. The van der Waals surface area contributed by atoms with Crippen LogP contribution in [0.3, 0.4) is 0 Å². The molecule has 1 aromatic carbocycles. The Balaban J connectivity index is 0.000000310. The molecule has 0 heterocycles. The van der Waals surface area contributed by atoms with Crippen LogP contribution in [0.4, 0.5) is 0 Å². The molecule has 5 nitrogen and oxygen atoms in total. The summed E-state index contributed by atoms with van der Waals surface area (Å²) >= 11 is 0. The first-order valence-corrected chi connectivity index (χ1v) is 4.39. The van der Waals surface area contributed by atoms with Crippen LogP contribution in [-0.2, 0) is 0 Å². The molecule has 0 aliphatic rings. The van der Waals surface area contributed by atoms with E-state index < -0.39 is 14.6 Å². The summed E-state index contributed by atoms with van der Waals surface area (Å²) in [7, 11) is -2.62. The number of hydrogen-bond donors (Lipinski definition) is 4. The van der Waals surface area contributed by atoms with E-state index in [0.29, 0.717) is 5.56 Å².